The number of hydrogen-bond donors (Lipinski definition) is 2. The first-order chi connectivity index (χ1) is 8.35. The number of methoxy groups -OCH3 is 1. The summed E-state index contributed by atoms with van der Waals surface area (Å²) in [7, 11) is 1.60. The predicted molar refractivity (Wildman–Crippen MR) is 75.7 cm³/mol. The van der Waals surface area contributed by atoms with Crippen LogP contribution in [0, 0.1) is 0 Å². The van der Waals surface area contributed by atoms with Crippen LogP contribution in [0.3, 0.4) is 0 Å². The number of thiocarbonyl (C=S) groups is 1. The standard InChI is InChI=1S/C13H18N2O2S/c1-13(2,12(14)18)15-11(16)8-9-4-6-10(17-3)7-5-9/h4-7H,8H2,1-3H3,(H2,14,18)(H,15,16). The van der Waals surface area contributed by atoms with E-state index in [4.69, 9.17) is 22.7 Å². The molecular weight excluding hydrogens is 248 g/mol. The number of carbonyl (C=O) groups is 1. The molecule has 0 unspecified atom stereocenters. The Kier molecular flexibility index (Phi) is 4.67. The minimum Gasteiger partial charge on any atom is -0.497 e. The largest absolute Gasteiger partial charge is 0.497 e. The van der Waals surface area contributed by atoms with Crippen LogP contribution in [0.2, 0.25) is 0 Å². The molecule has 0 radical (unpaired) electrons. The van der Waals surface area contributed by atoms with Crippen LogP contribution in [-0.2, 0) is 11.2 Å². The minimum absolute atomic E-state index is 0.113. The van der Waals surface area contributed by atoms with Gasteiger partial charge in [0.25, 0.3) is 0 Å². The number of nitrogens with two attached hydrogens (primary N) is 1. The van der Waals surface area contributed by atoms with Crippen LogP contribution >= 0.6 is 12.2 Å². The highest BCUT2D eigenvalue weighted by Crippen LogP contribution is 2.12. The minimum atomic E-state index is -0.668. The molecule has 5 heteroatoms. The van der Waals surface area contributed by atoms with Crippen molar-refractivity contribution in [3.63, 3.8) is 0 Å². The fraction of sp³-hybridized carbons (Fsp3) is 0.385. The third-order valence-corrected chi connectivity index (χ3v) is 3.10. The summed E-state index contributed by atoms with van der Waals surface area (Å²) in [5.41, 5.74) is 5.79. The van der Waals surface area contributed by atoms with Gasteiger partial charge < -0.3 is 15.8 Å². The summed E-state index contributed by atoms with van der Waals surface area (Å²) >= 11 is 4.89. The lowest BCUT2D eigenvalue weighted by Crippen LogP contribution is -2.52. The van der Waals surface area contributed by atoms with Gasteiger partial charge in [-0.15, -0.1) is 0 Å². The molecular formula is C13H18N2O2S. The van der Waals surface area contributed by atoms with Crippen molar-refractivity contribution in [2.45, 2.75) is 25.8 Å². The van der Waals surface area contributed by atoms with Gasteiger partial charge in [-0.1, -0.05) is 24.4 Å². The second-order valence-corrected chi connectivity index (χ2v) is 5.00. The average molecular weight is 266 g/mol. The van der Waals surface area contributed by atoms with Gasteiger partial charge in [0.05, 0.1) is 24.1 Å². The van der Waals surface area contributed by atoms with Crippen molar-refractivity contribution in [1.82, 2.24) is 5.32 Å². The molecule has 0 aliphatic rings. The average Bonchev–Trinajstić information content (AvgIpc) is 2.29. The Morgan fingerprint density at radius 2 is 1.94 bits per heavy atom. The zero-order valence-corrected chi connectivity index (χ0v) is 11.6. The van der Waals surface area contributed by atoms with Crippen LogP contribution in [0.5, 0.6) is 5.75 Å². The molecule has 0 aliphatic carbocycles. The van der Waals surface area contributed by atoms with Crippen LogP contribution in [-0.4, -0.2) is 23.5 Å². The molecule has 0 spiro atoms. The quantitative estimate of drug-likeness (QED) is 0.791. The zero-order valence-electron chi connectivity index (χ0n) is 10.8. The Hall–Kier alpha value is -1.62. The number of carbonyl (C=O) groups excluding carboxylic acids is 1. The molecule has 1 amide bonds. The predicted octanol–water partition coefficient (Wildman–Crippen LogP) is 1.42. The Morgan fingerprint density at radius 3 is 2.39 bits per heavy atom. The van der Waals surface area contributed by atoms with Crippen molar-refractivity contribution < 1.29 is 9.53 Å². The molecule has 0 saturated carbocycles. The summed E-state index contributed by atoms with van der Waals surface area (Å²) in [6.45, 7) is 3.56. The van der Waals surface area contributed by atoms with Gasteiger partial charge in [-0.2, -0.15) is 0 Å². The van der Waals surface area contributed by atoms with Crippen LogP contribution in [0.4, 0.5) is 0 Å². The molecule has 0 saturated heterocycles. The van der Waals surface area contributed by atoms with Crippen molar-refractivity contribution in [1.29, 1.82) is 0 Å². The van der Waals surface area contributed by atoms with E-state index in [1.807, 2.05) is 24.3 Å². The van der Waals surface area contributed by atoms with E-state index in [2.05, 4.69) is 5.32 Å². The third-order valence-electron chi connectivity index (χ3n) is 2.59. The lowest BCUT2D eigenvalue weighted by atomic mass is 10.0. The summed E-state index contributed by atoms with van der Waals surface area (Å²) in [6, 6.07) is 7.35. The summed E-state index contributed by atoms with van der Waals surface area (Å²) in [4.78, 5) is 12.1. The van der Waals surface area contributed by atoms with Gasteiger partial charge in [0.15, 0.2) is 0 Å². The first-order valence-electron chi connectivity index (χ1n) is 5.59. The van der Waals surface area contributed by atoms with Gasteiger partial charge >= 0.3 is 0 Å². The normalized spacial score (nSPS) is 10.8. The maximum absolute atomic E-state index is 11.8. The van der Waals surface area contributed by atoms with Gasteiger partial charge in [-0.05, 0) is 31.5 Å². The molecule has 18 heavy (non-hydrogen) atoms. The number of rotatable bonds is 5. The van der Waals surface area contributed by atoms with Gasteiger partial charge in [-0.3, -0.25) is 4.79 Å². The Balaban J connectivity index is 2.62. The van der Waals surface area contributed by atoms with Crippen molar-refractivity contribution in [2.75, 3.05) is 7.11 Å². The van der Waals surface area contributed by atoms with Crippen LogP contribution in [0.15, 0.2) is 24.3 Å². The summed E-state index contributed by atoms with van der Waals surface area (Å²) in [5.74, 6) is 0.653. The molecule has 1 aromatic rings. The van der Waals surface area contributed by atoms with Crippen molar-refractivity contribution in [2.24, 2.45) is 5.73 Å². The number of benzene rings is 1. The summed E-state index contributed by atoms with van der Waals surface area (Å²) in [5, 5.41) is 2.80. The van der Waals surface area contributed by atoms with E-state index in [-0.39, 0.29) is 17.3 Å². The second-order valence-electron chi connectivity index (χ2n) is 4.56. The molecule has 4 nitrogen and oxygen atoms in total. The van der Waals surface area contributed by atoms with Crippen molar-refractivity contribution in [3.8, 4) is 5.75 Å². The third kappa shape index (κ3) is 4.00. The van der Waals surface area contributed by atoms with E-state index in [9.17, 15) is 4.79 Å². The summed E-state index contributed by atoms with van der Waals surface area (Å²) in [6.07, 6.45) is 0.288. The van der Waals surface area contributed by atoms with Gasteiger partial charge in [0.1, 0.15) is 5.75 Å². The van der Waals surface area contributed by atoms with E-state index in [1.165, 1.54) is 0 Å². The molecule has 98 valence electrons. The molecule has 1 rings (SSSR count). The van der Waals surface area contributed by atoms with Crippen molar-refractivity contribution >= 4 is 23.1 Å². The lowest BCUT2D eigenvalue weighted by molar-refractivity contribution is -0.121. The van der Waals surface area contributed by atoms with E-state index in [0.717, 1.165) is 11.3 Å². The molecule has 1 aromatic carbocycles. The monoisotopic (exact) mass is 266 g/mol. The SMILES string of the molecule is COc1ccc(CC(=O)NC(C)(C)C(N)=S)cc1. The van der Waals surface area contributed by atoms with E-state index in [0.29, 0.717) is 0 Å². The highest BCUT2D eigenvalue weighted by Gasteiger charge is 2.23. The number of hydrogen-bond acceptors (Lipinski definition) is 3. The lowest BCUT2D eigenvalue weighted by Gasteiger charge is -2.24. The maximum atomic E-state index is 11.8. The molecule has 3 N–H and O–H groups in total. The molecule has 0 heterocycles. The highest BCUT2D eigenvalue weighted by molar-refractivity contribution is 7.80. The Morgan fingerprint density at radius 1 is 1.39 bits per heavy atom. The van der Waals surface area contributed by atoms with Crippen LogP contribution in [0.25, 0.3) is 0 Å². The molecule has 0 atom stereocenters. The number of ether oxygens (including phenoxy) is 1. The smallest absolute Gasteiger partial charge is 0.225 e. The van der Waals surface area contributed by atoms with E-state index in [1.54, 1.807) is 21.0 Å². The Bertz CT molecular complexity index is 441. The van der Waals surface area contributed by atoms with Crippen LogP contribution in [0.1, 0.15) is 19.4 Å². The fourth-order valence-corrected chi connectivity index (χ4v) is 1.43. The van der Waals surface area contributed by atoms with E-state index < -0.39 is 5.54 Å². The first kappa shape index (κ1) is 14.4. The maximum Gasteiger partial charge on any atom is 0.225 e. The van der Waals surface area contributed by atoms with Gasteiger partial charge in [0, 0.05) is 0 Å². The van der Waals surface area contributed by atoms with Crippen molar-refractivity contribution in [3.05, 3.63) is 29.8 Å². The summed E-state index contributed by atoms with van der Waals surface area (Å²) < 4.78 is 5.05. The number of nitrogens with one attached hydrogen (secondary N) is 1. The van der Waals surface area contributed by atoms with E-state index >= 15 is 0 Å². The number of amides is 1. The Labute approximate surface area is 113 Å². The molecule has 0 aromatic heterocycles. The second kappa shape index (κ2) is 5.82. The molecule has 0 bridgehead atoms. The van der Waals surface area contributed by atoms with Gasteiger partial charge in [-0.25, -0.2) is 0 Å². The van der Waals surface area contributed by atoms with Gasteiger partial charge in [0.2, 0.25) is 5.91 Å². The highest BCUT2D eigenvalue weighted by atomic mass is 32.1. The van der Waals surface area contributed by atoms with Crippen LogP contribution < -0.4 is 15.8 Å². The first-order valence-corrected chi connectivity index (χ1v) is 6.00. The molecule has 0 fully saturated rings. The molecule has 0 aliphatic heterocycles. The zero-order chi connectivity index (χ0) is 13.8. The fourth-order valence-electron chi connectivity index (χ4n) is 1.38. The topological polar surface area (TPSA) is 64.3 Å².